The van der Waals surface area contributed by atoms with Crippen molar-refractivity contribution in [2.45, 2.75) is 18.9 Å². The number of nitrogens with zero attached hydrogens (tertiary/aromatic N) is 4. The highest BCUT2D eigenvalue weighted by Crippen LogP contribution is 2.16. The maximum Gasteiger partial charge on any atom is 0.253 e. The van der Waals surface area contributed by atoms with Crippen molar-refractivity contribution in [1.29, 1.82) is 0 Å². The maximum atomic E-state index is 12.9. The molecule has 3 rings (SSSR count). The SMILES string of the molecule is O=C(NC1CCCN(c2ncc(F)cn2)C1)c1cccnc1. The van der Waals surface area contributed by atoms with Gasteiger partial charge in [0.15, 0.2) is 5.82 Å². The van der Waals surface area contributed by atoms with Crippen molar-refractivity contribution in [3.63, 3.8) is 0 Å². The number of hydrogen-bond donors (Lipinski definition) is 1. The monoisotopic (exact) mass is 301 g/mol. The smallest absolute Gasteiger partial charge is 0.253 e. The number of amides is 1. The van der Waals surface area contributed by atoms with Crippen LogP contribution < -0.4 is 10.2 Å². The number of hydrogen-bond acceptors (Lipinski definition) is 5. The van der Waals surface area contributed by atoms with Crippen LogP contribution in [0.3, 0.4) is 0 Å². The summed E-state index contributed by atoms with van der Waals surface area (Å²) in [4.78, 5) is 26.0. The molecular formula is C15H16FN5O. The van der Waals surface area contributed by atoms with Gasteiger partial charge in [-0.15, -0.1) is 0 Å². The van der Waals surface area contributed by atoms with Gasteiger partial charge in [0.1, 0.15) is 0 Å². The zero-order valence-corrected chi connectivity index (χ0v) is 11.9. The number of piperidine rings is 1. The summed E-state index contributed by atoms with van der Waals surface area (Å²) in [6.07, 6.45) is 7.28. The molecule has 1 fully saturated rings. The molecule has 1 unspecified atom stereocenters. The van der Waals surface area contributed by atoms with Crippen molar-refractivity contribution in [3.05, 3.63) is 48.3 Å². The van der Waals surface area contributed by atoms with Crippen molar-refractivity contribution in [1.82, 2.24) is 20.3 Å². The Labute approximate surface area is 127 Å². The van der Waals surface area contributed by atoms with E-state index < -0.39 is 5.82 Å². The summed E-state index contributed by atoms with van der Waals surface area (Å²) >= 11 is 0. The summed E-state index contributed by atoms with van der Waals surface area (Å²) in [5, 5.41) is 3.00. The molecule has 0 saturated carbocycles. The second kappa shape index (κ2) is 6.46. The number of aromatic nitrogens is 3. The fraction of sp³-hybridized carbons (Fsp3) is 0.333. The van der Waals surface area contributed by atoms with Gasteiger partial charge in [0.2, 0.25) is 5.95 Å². The molecule has 1 atom stereocenters. The van der Waals surface area contributed by atoms with Gasteiger partial charge in [0.25, 0.3) is 5.91 Å². The largest absolute Gasteiger partial charge is 0.347 e. The van der Waals surface area contributed by atoms with E-state index in [4.69, 9.17) is 0 Å². The number of carbonyl (C=O) groups is 1. The minimum atomic E-state index is -0.456. The van der Waals surface area contributed by atoms with E-state index in [9.17, 15) is 9.18 Å². The Morgan fingerprint density at radius 1 is 1.32 bits per heavy atom. The molecule has 22 heavy (non-hydrogen) atoms. The molecule has 6 nitrogen and oxygen atoms in total. The molecule has 114 valence electrons. The van der Waals surface area contributed by atoms with Gasteiger partial charge >= 0.3 is 0 Å². The Balaban J connectivity index is 1.63. The lowest BCUT2D eigenvalue weighted by atomic mass is 10.1. The van der Waals surface area contributed by atoms with Crippen LogP contribution in [0.25, 0.3) is 0 Å². The Kier molecular flexibility index (Phi) is 4.22. The highest BCUT2D eigenvalue weighted by Gasteiger charge is 2.23. The summed E-state index contributed by atoms with van der Waals surface area (Å²) in [6, 6.07) is 3.47. The van der Waals surface area contributed by atoms with Gasteiger partial charge in [-0.05, 0) is 25.0 Å². The first-order valence-electron chi connectivity index (χ1n) is 7.16. The third-order valence-electron chi connectivity index (χ3n) is 3.57. The first kappa shape index (κ1) is 14.4. The molecule has 7 heteroatoms. The van der Waals surface area contributed by atoms with Crippen LogP contribution in [0.15, 0.2) is 36.9 Å². The molecule has 0 spiro atoms. The van der Waals surface area contributed by atoms with E-state index in [1.807, 2.05) is 4.90 Å². The number of anilines is 1. The molecular weight excluding hydrogens is 285 g/mol. The van der Waals surface area contributed by atoms with Crippen molar-refractivity contribution < 1.29 is 9.18 Å². The summed E-state index contributed by atoms with van der Waals surface area (Å²) in [5.74, 6) is -0.108. The van der Waals surface area contributed by atoms with Gasteiger partial charge in [0, 0.05) is 31.5 Å². The minimum Gasteiger partial charge on any atom is -0.347 e. The van der Waals surface area contributed by atoms with Crippen molar-refractivity contribution in [3.8, 4) is 0 Å². The van der Waals surface area contributed by atoms with Gasteiger partial charge in [-0.3, -0.25) is 9.78 Å². The number of nitrogens with one attached hydrogen (secondary N) is 1. The lowest BCUT2D eigenvalue weighted by Gasteiger charge is -2.33. The quantitative estimate of drug-likeness (QED) is 0.928. The fourth-order valence-corrected chi connectivity index (χ4v) is 2.51. The normalized spacial score (nSPS) is 18.0. The van der Waals surface area contributed by atoms with Crippen LogP contribution in [0.2, 0.25) is 0 Å². The van der Waals surface area contributed by atoms with Crippen LogP contribution in [0.4, 0.5) is 10.3 Å². The summed E-state index contributed by atoms with van der Waals surface area (Å²) in [7, 11) is 0. The van der Waals surface area contributed by atoms with Crippen molar-refractivity contribution in [2.75, 3.05) is 18.0 Å². The van der Waals surface area contributed by atoms with Crippen LogP contribution in [0.5, 0.6) is 0 Å². The Bertz CT molecular complexity index is 634. The zero-order chi connectivity index (χ0) is 15.4. The molecule has 0 aliphatic carbocycles. The van der Waals surface area contributed by atoms with E-state index in [-0.39, 0.29) is 11.9 Å². The molecule has 2 aromatic heterocycles. The summed E-state index contributed by atoms with van der Waals surface area (Å²) in [5.41, 5.74) is 0.539. The van der Waals surface area contributed by atoms with E-state index in [0.29, 0.717) is 18.1 Å². The Hall–Kier alpha value is -2.57. The Morgan fingerprint density at radius 3 is 2.86 bits per heavy atom. The summed E-state index contributed by atoms with van der Waals surface area (Å²) < 4.78 is 12.9. The standard InChI is InChI=1S/C15H16FN5O/c16-12-8-18-15(19-9-12)21-6-2-4-13(10-21)20-14(22)11-3-1-5-17-7-11/h1,3,5,7-9,13H,2,4,6,10H2,(H,20,22). The minimum absolute atomic E-state index is 0.00936. The molecule has 2 aromatic rings. The van der Waals surface area contributed by atoms with Crippen LogP contribution in [0.1, 0.15) is 23.2 Å². The van der Waals surface area contributed by atoms with Crippen molar-refractivity contribution >= 4 is 11.9 Å². The van der Waals surface area contributed by atoms with Crippen LogP contribution in [-0.2, 0) is 0 Å². The van der Waals surface area contributed by atoms with E-state index in [2.05, 4.69) is 20.3 Å². The van der Waals surface area contributed by atoms with Gasteiger partial charge in [-0.25, -0.2) is 14.4 Å². The van der Waals surface area contributed by atoms with Crippen LogP contribution >= 0.6 is 0 Å². The predicted molar refractivity (Wildman–Crippen MR) is 78.9 cm³/mol. The maximum absolute atomic E-state index is 12.9. The van der Waals surface area contributed by atoms with Crippen molar-refractivity contribution in [2.24, 2.45) is 0 Å². The first-order chi connectivity index (χ1) is 10.7. The van der Waals surface area contributed by atoms with E-state index in [0.717, 1.165) is 31.8 Å². The summed E-state index contributed by atoms with van der Waals surface area (Å²) in [6.45, 7) is 1.41. The van der Waals surface area contributed by atoms with E-state index >= 15 is 0 Å². The number of halogens is 1. The lowest BCUT2D eigenvalue weighted by molar-refractivity contribution is 0.0932. The zero-order valence-electron chi connectivity index (χ0n) is 11.9. The molecule has 0 radical (unpaired) electrons. The number of rotatable bonds is 3. The van der Waals surface area contributed by atoms with Crippen LogP contribution in [-0.4, -0.2) is 40.0 Å². The highest BCUT2D eigenvalue weighted by molar-refractivity contribution is 5.94. The molecule has 1 aliphatic heterocycles. The van der Waals surface area contributed by atoms with Gasteiger partial charge < -0.3 is 10.2 Å². The highest BCUT2D eigenvalue weighted by atomic mass is 19.1. The third-order valence-corrected chi connectivity index (χ3v) is 3.57. The topological polar surface area (TPSA) is 71.0 Å². The first-order valence-corrected chi connectivity index (χ1v) is 7.16. The Morgan fingerprint density at radius 2 is 2.14 bits per heavy atom. The molecule has 0 aromatic carbocycles. The molecule has 1 aliphatic rings. The average Bonchev–Trinajstić information content (AvgIpc) is 2.56. The molecule has 0 bridgehead atoms. The molecule has 1 N–H and O–H groups in total. The lowest BCUT2D eigenvalue weighted by Crippen LogP contribution is -2.48. The molecule has 1 amide bonds. The van der Waals surface area contributed by atoms with E-state index in [1.54, 1.807) is 24.5 Å². The third kappa shape index (κ3) is 3.36. The fourth-order valence-electron chi connectivity index (χ4n) is 2.51. The second-order valence-electron chi connectivity index (χ2n) is 5.20. The second-order valence-corrected chi connectivity index (χ2v) is 5.20. The average molecular weight is 301 g/mol. The molecule has 1 saturated heterocycles. The molecule has 3 heterocycles. The van der Waals surface area contributed by atoms with Gasteiger partial charge in [0.05, 0.1) is 18.0 Å². The van der Waals surface area contributed by atoms with Crippen LogP contribution in [0, 0.1) is 5.82 Å². The predicted octanol–water partition coefficient (Wildman–Crippen LogP) is 1.41. The number of carbonyl (C=O) groups excluding carboxylic acids is 1. The number of pyridine rings is 1. The van der Waals surface area contributed by atoms with Gasteiger partial charge in [-0.2, -0.15) is 0 Å². The van der Waals surface area contributed by atoms with Gasteiger partial charge in [-0.1, -0.05) is 0 Å². The van der Waals surface area contributed by atoms with E-state index in [1.165, 1.54) is 0 Å².